The maximum atomic E-state index is 12.2. The second-order valence-corrected chi connectivity index (χ2v) is 7.27. The third-order valence-electron chi connectivity index (χ3n) is 4.08. The summed E-state index contributed by atoms with van der Waals surface area (Å²) < 4.78 is 28.1. The van der Waals surface area contributed by atoms with Crippen LogP contribution in [0.15, 0.2) is 34.7 Å². The first-order valence-corrected chi connectivity index (χ1v) is 11.0. The van der Waals surface area contributed by atoms with Crippen LogP contribution >= 0.6 is 23.2 Å². The number of carbonyl (C=O) groups is 1. The van der Waals surface area contributed by atoms with Gasteiger partial charge in [0.2, 0.25) is 11.6 Å². The number of rotatable bonds is 11. The van der Waals surface area contributed by atoms with Gasteiger partial charge in [-0.05, 0) is 51.1 Å². The number of nitrogens with zero attached hydrogens (tertiary/aromatic N) is 2. The van der Waals surface area contributed by atoms with Crippen molar-refractivity contribution in [2.75, 3.05) is 31.7 Å². The van der Waals surface area contributed by atoms with Gasteiger partial charge in [0.1, 0.15) is 5.75 Å². The third kappa shape index (κ3) is 6.43. The summed E-state index contributed by atoms with van der Waals surface area (Å²) in [6.07, 6.45) is 0. The van der Waals surface area contributed by atoms with Crippen LogP contribution in [0.2, 0.25) is 10.0 Å². The Morgan fingerprint density at radius 3 is 2.18 bits per heavy atom. The largest absolute Gasteiger partial charge is 0.490 e. The lowest BCUT2D eigenvalue weighted by molar-refractivity contribution is -0.118. The van der Waals surface area contributed by atoms with Gasteiger partial charge in [0, 0.05) is 10.6 Å². The molecule has 9 nitrogen and oxygen atoms in total. The van der Waals surface area contributed by atoms with E-state index in [1.165, 1.54) is 6.07 Å². The number of benzene rings is 2. The molecule has 0 saturated heterocycles. The minimum atomic E-state index is -0.507. The third-order valence-corrected chi connectivity index (χ3v) is 4.61. The fourth-order valence-corrected chi connectivity index (χ4v) is 3.26. The van der Waals surface area contributed by atoms with E-state index in [-0.39, 0.29) is 18.5 Å². The van der Waals surface area contributed by atoms with Gasteiger partial charge in [0.25, 0.3) is 5.91 Å². The molecule has 0 saturated carbocycles. The molecule has 0 aliphatic heterocycles. The number of halogens is 2. The quantitative estimate of drug-likeness (QED) is 0.384. The van der Waals surface area contributed by atoms with Crippen LogP contribution in [-0.4, -0.2) is 42.5 Å². The highest BCUT2D eigenvalue weighted by atomic mass is 35.5. The van der Waals surface area contributed by atoms with E-state index in [9.17, 15) is 4.79 Å². The molecule has 1 heterocycles. The summed E-state index contributed by atoms with van der Waals surface area (Å²) >= 11 is 11.9. The summed E-state index contributed by atoms with van der Waals surface area (Å²) in [4.78, 5) is 12.2. The number of ether oxygens (including phenoxy) is 4. The number of hydrogen-bond donors (Lipinski definition) is 1. The van der Waals surface area contributed by atoms with Gasteiger partial charge in [0.15, 0.2) is 18.1 Å². The van der Waals surface area contributed by atoms with E-state index in [1.807, 2.05) is 20.8 Å². The van der Waals surface area contributed by atoms with Gasteiger partial charge in [0.05, 0.1) is 24.8 Å². The second kappa shape index (κ2) is 11.6. The molecule has 176 valence electrons. The number of carbonyl (C=O) groups excluding carboxylic acids is 1. The fraction of sp³-hybridized carbons (Fsp3) is 0.318. The summed E-state index contributed by atoms with van der Waals surface area (Å²) in [5.41, 5.74) is 0.544. The second-order valence-electron chi connectivity index (χ2n) is 6.42. The van der Waals surface area contributed by atoms with Crippen molar-refractivity contribution in [3.8, 4) is 34.5 Å². The lowest BCUT2D eigenvalue weighted by atomic mass is 10.2. The molecular formula is C22H23Cl2N3O6. The van der Waals surface area contributed by atoms with Crippen LogP contribution in [0, 0.1) is 0 Å². The van der Waals surface area contributed by atoms with Gasteiger partial charge in [-0.25, -0.2) is 0 Å². The molecule has 3 rings (SSSR count). The molecule has 11 heteroatoms. The molecule has 0 atom stereocenters. The molecular weight excluding hydrogens is 473 g/mol. The van der Waals surface area contributed by atoms with E-state index in [2.05, 4.69) is 15.5 Å². The smallest absolute Gasteiger partial charge is 0.322 e. The van der Waals surface area contributed by atoms with Crippen molar-refractivity contribution in [2.24, 2.45) is 0 Å². The molecule has 33 heavy (non-hydrogen) atoms. The highest BCUT2D eigenvalue weighted by Gasteiger charge is 2.19. The van der Waals surface area contributed by atoms with Gasteiger partial charge in [-0.15, -0.1) is 5.10 Å². The number of nitrogens with one attached hydrogen (secondary N) is 1. The molecule has 0 spiro atoms. The van der Waals surface area contributed by atoms with Crippen molar-refractivity contribution in [1.82, 2.24) is 10.2 Å². The summed E-state index contributed by atoms with van der Waals surface area (Å²) in [7, 11) is 0. The summed E-state index contributed by atoms with van der Waals surface area (Å²) in [5, 5.41) is 11.1. The van der Waals surface area contributed by atoms with E-state index in [0.717, 1.165) is 0 Å². The first kappa shape index (κ1) is 24.5. The van der Waals surface area contributed by atoms with Crippen LogP contribution in [-0.2, 0) is 4.79 Å². The maximum Gasteiger partial charge on any atom is 0.322 e. The number of amides is 1. The predicted octanol–water partition coefficient (Wildman–Crippen LogP) is 5.26. The Bertz CT molecular complexity index is 1080. The van der Waals surface area contributed by atoms with Crippen molar-refractivity contribution >= 4 is 35.1 Å². The van der Waals surface area contributed by atoms with Gasteiger partial charge < -0.3 is 23.4 Å². The summed E-state index contributed by atoms with van der Waals surface area (Å²) in [6.45, 7) is 6.59. The zero-order valence-electron chi connectivity index (χ0n) is 18.3. The highest BCUT2D eigenvalue weighted by Crippen LogP contribution is 2.41. The van der Waals surface area contributed by atoms with Crippen LogP contribution in [0.4, 0.5) is 6.01 Å². The van der Waals surface area contributed by atoms with Crippen molar-refractivity contribution in [2.45, 2.75) is 20.8 Å². The topological polar surface area (TPSA) is 105 Å². The Morgan fingerprint density at radius 1 is 0.909 bits per heavy atom. The Kier molecular flexibility index (Phi) is 8.62. The molecule has 1 amide bonds. The van der Waals surface area contributed by atoms with Crippen LogP contribution in [0.25, 0.3) is 11.5 Å². The average molecular weight is 496 g/mol. The SMILES string of the molecule is CCOc1cc(-c2nnc(NC(=O)COc3ccc(Cl)cc3Cl)o2)cc(OCC)c1OCC. The molecule has 0 fully saturated rings. The molecule has 2 aromatic carbocycles. The molecule has 0 bridgehead atoms. The number of hydrogen-bond acceptors (Lipinski definition) is 8. The Morgan fingerprint density at radius 2 is 1.58 bits per heavy atom. The monoisotopic (exact) mass is 495 g/mol. The lowest BCUT2D eigenvalue weighted by Gasteiger charge is -2.16. The van der Waals surface area contributed by atoms with E-state index < -0.39 is 5.91 Å². The van der Waals surface area contributed by atoms with Crippen LogP contribution in [0.1, 0.15) is 20.8 Å². The first-order chi connectivity index (χ1) is 15.9. The number of anilines is 1. The number of aromatic nitrogens is 2. The lowest BCUT2D eigenvalue weighted by Crippen LogP contribution is -2.20. The fourth-order valence-electron chi connectivity index (χ4n) is 2.79. The minimum Gasteiger partial charge on any atom is -0.490 e. The standard InChI is InChI=1S/C22H23Cl2N3O6/c1-4-29-17-9-13(10-18(30-5-2)20(17)31-6-3)21-26-27-22(33-21)25-19(28)12-32-16-8-7-14(23)11-15(16)24/h7-11H,4-6,12H2,1-3H3,(H,25,27,28). The molecule has 0 unspecified atom stereocenters. The normalized spacial score (nSPS) is 10.6. The van der Waals surface area contributed by atoms with Crippen LogP contribution in [0.5, 0.6) is 23.0 Å². The molecule has 3 aromatic rings. The van der Waals surface area contributed by atoms with Gasteiger partial charge in [-0.1, -0.05) is 28.3 Å². The van der Waals surface area contributed by atoms with Gasteiger partial charge in [-0.2, -0.15) is 0 Å². The Hall–Kier alpha value is -3.17. The van der Waals surface area contributed by atoms with Gasteiger partial charge >= 0.3 is 6.01 Å². The predicted molar refractivity (Wildman–Crippen MR) is 124 cm³/mol. The molecule has 0 radical (unpaired) electrons. The first-order valence-electron chi connectivity index (χ1n) is 10.2. The minimum absolute atomic E-state index is 0.0920. The van der Waals surface area contributed by atoms with Crippen molar-refractivity contribution in [1.29, 1.82) is 0 Å². The van der Waals surface area contributed by atoms with Crippen molar-refractivity contribution in [3.63, 3.8) is 0 Å². The zero-order valence-corrected chi connectivity index (χ0v) is 19.8. The Labute approximate surface area is 200 Å². The van der Waals surface area contributed by atoms with E-state index in [1.54, 1.807) is 24.3 Å². The van der Waals surface area contributed by atoms with E-state index in [0.29, 0.717) is 58.4 Å². The van der Waals surface area contributed by atoms with E-state index in [4.69, 9.17) is 46.6 Å². The summed E-state index contributed by atoms with van der Waals surface area (Å²) in [5.74, 6) is 1.44. The van der Waals surface area contributed by atoms with Crippen LogP contribution in [0.3, 0.4) is 0 Å². The van der Waals surface area contributed by atoms with E-state index >= 15 is 0 Å². The molecule has 0 aliphatic carbocycles. The van der Waals surface area contributed by atoms with Gasteiger partial charge in [-0.3, -0.25) is 10.1 Å². The maximum absolute atomic E-state index is 12.2. The molecule has 1 aromatic heterocycles. The van der Waals surface area contributed by atoms with Crippen LogP contribution < -0.4 is 24.3 Å². The van der Waals surface area contributed by atoms with Crippen molar-refractivity contribution in [3.05, 3.63) is 40.4 Å². The zero-order chi connectivity index (χ0) is 23.8. The molecule has 1 N–H and O–H groups in total. The Balaban J connectivity index is 1.74. The average Bonchev–Trinajstić information content (AvgIpc) is 3.24. The molecule has 0 aliphatic rings. The highest BCUT2D eigenvalue weighted by molar-refractivity contribution is 6.35. The van der Waals surface area contributed by atoms with Crippen molar-refractivity contribution < 1.29 is 28.2 Å². The summed E-state index contributed by atoms with van der Waals surface area (Å²) in [6, 6.07) is 8.02.